The summed E-state index contributed by atoms with van der Waals surface area (Å²) in [5, 5.41) is 12.0. The van der Waals surface area contributed by atoms with E-state index in [9.17, 15) is 14.7 Å². The molecule has 4 nitrogen and oxygen atoms in total. The fraction of sp³-hybridized carbons (Fsp3) is 0.200. The molecule has 2 N–H and O–H groups in total. The summed E-state index contributed by atoms with van der Waals surface area (Å²) in [6.07, 6.45) is 4.52. The third kappa shape index (κ3) is 1.95. The normalized spacial score (nSPS) is 23.8. The van der Waals surface area contributed by atoms with Gasteiger partial charge in [-0.2, -0.15) is 0 Å². The highest BCUT2D eigenvalue weighted by Crippen LogP contribution is 2.44. The number of fused-ring (bicyclic) bond motifs is 2. The Hall–Kier alpha value is -2.36. The zero-order chi connectivity index (χ0) is 13.4. The number of nitrogens with one attached hydrogen (secondary N) is 1. The first-order chi connectivity index (χ1) is 9.16. The number of amides is 1. The Morgan fingerprint density at radius 2 is 1.68 bits per heavy atom. The van der Waals surface area contributed by atoms with Gasteiger partial charge in [-0.15, -0.1) is 0 Å². The Morgan fingerprint density at radius 3 is 2.32 bits per heavy atom. The highest BCUT2D eigenvalue weighted by Gasteiger charge is 2.41. The molecule has 4 heteroatoms. The molecule has 0 fully saturated rings. The summed E-state index contributed by atoms with van der Waals surface area (Å²) in [7, 11) is 0. The van der Waals surface area contributed by atoms with Crippen molar-refractivity contribution in [2.24, 2.45) is 11.8 Å². The molecule has 96 valence electrons. The molecule has 1 aromatic rings. The minimum Gasteiger partial charge on any atom is -0.478 e. The van der Waals surface area contributed by atoms with Crippen molar-refractivity contribution in [2.45, 2.75) is 6.42 Å². The molecule has 2 bridgehead atoms. The van der Waals surface area contributed by atoms with Crippen molar-refractivity contribution < 1.29 is 14.7 Å². The second kappa shape index (κ2) is 4.39. The molecule has 0 unspecified atom stereocenters. The first-order valence-corrected chi connectivity index (χ1v) is 6.19. The number of allylic oxidation sites excluding steroid dienone is 2. The van der Waals surface area contributed by atoms with Crippen LogP contribution in [0, 0.1) is 11.8 Å². The first-order valence-electron chi connectivity index (χ1n) is 6.19. The Morgan fingerprint density at radius 1 is 1.05 bits per heavy atom. The van der Waals surface area contributed by atoms with Gasteiger partial charge in [-0.05, 0) is 18.6 Å². The zero-order valence-electron chi connectivity index (χ0n) is 10.2. The largest absolute Gasteiger partial charge is 0.478 e. The second-order valence-electron chi connectivity index (χ2n) is 4.79. The zero-order valence-corrected chi connectivity index (χ0v) is 10.2. The van der Waals surface area contributed by atoms with Crippen LogP contribution in [0.4, 0.5) is 5.69 Å². The molecule has 0 radical (unpaired) electrons. The number of carboxylic acids is 1. The standard InChI is InChI=1S/C15H13NO3/c17-14(16-11-4-2-1-3-5-11)12-9-6-7-10(8-9)13(12)15(18)19/h1-7,9-10H,8H2,(H,16,17)(H,18,19)/t9-,10-/m0/s1. The Labute approximate surface area is 110 Å². The summed E-state index contributed by atoms with van der Waals surface area (Å²) in [4.78, 5) is 23.5. The van der Waals surface area contributed by atoms with Crippen LogP contribution in [0.15, 0.2) is 53.6 Å². The molecule has 1 aromatic carbocycles. The van der Waals surface area contributed by atoms with Gasteiger partial charge in [0, 0.05) is 23.1 Å². The number of anilines is 1. The molecule has 19 heavy (non-hydrogen) atoms. The number of carbonyl (C=O) groups is 2. The summed E-state index contributed by atoms with van der Waals surface area (Å²) < 4.78 is 0. The average molecular weight is 255 g/mol. The van der Waals surface area contributed by atoms with Crippen LogP contribution in [0.5, 0.6) is 0 Å². The lowest BCUT2D eigenvalue weighted by atomic mass is 9.96. The van der Waals surface area contributed by atoms with E-state index in [2.05, 4.69) is 5.32 Å². The monoisotopic (exact) mass is 255 g/mol. The van der Waals surface area contributed by atoms with Crippen molar-refractivity contribution in [1.29, 1.82) is 0 Å². The van der Waals surface area contributed by atoms with Gasteiger partial charge in [-0.3, -0.25) is 4.79 Å². The Bertz CT molecular complexity index is 601. The first kappa shape index (κ1) is 11.7. The number of carboxylic acid groups (broad SMARTS) is 1. The molecule has 1 amide bonds. The molecular formula is C15H13NO3. The number of aliphatic carboxylic acids is 1. The minimum absolute atomic E-state index is 0.0557. The van der Waals surface area contributed by atoms with E-state index in [1.165, 1.54) is 0 Å². The molecule has 2 atom stereocenters. The van der Waals surface area contributed by atoms with Crippen molar-refractivity contribution in [2.75, 3.05) is 5.32 Å². The summed E-state index contributed by atoms with van der Waals surface area (Å²) in [5.41, 5.74) is 1.33. The highest BCUT2D eigenvalue weighted by atomic mass is 16.4. The summed E-state index contributed by atoms with van der Waals surface area (Å²) in [6.45, 7) is 0. The molecule has 0 aliphatic heterocycles. The van der Waals surface area contributed by atoms with E-state index in [-0.39, 0.29) is 23.3 Å². The quantitative estimate of drug-likeness (QED) is 0.814. The summed E-state index contributed by atoms with van der Waals surface area (Å²) in [6, 6.07) is 9.06. The lowest BCUT2D eigenvalue weighted by Crippen LogP contribution is -2.21. The van der Waals surface area contributed by atoms with Crippen molar-refractivity contribution in [3.8, 4) is 0 Å². The predicted molar refractivity (Wildman–Crippen MR) is 70.5 cm³/mol. The molecule has 0 spiro atoms. The van der Waals surface area contributed by atoms with Crippen molar-refractivity contribution in [3.05, 3.63) is 53.6 Å². The average Bonchev–Trinajstić information content (AvgIpc) is 2.99. The lowest BCUT2D eigenvalue weighted by molar-refractivity contribution is -0.133. The maximum Gasteiger partial charge on any atom is 0.332 e. The maximum atomic E-state index is 12.3. The van der Waals surface area contributed by atoms with Crippen LogP contribution >= 0.6 is 0 Å². The van der Waals surface area contributed by atoms with Gasteiger partial charge < -0.3 is 10.4 Å². The van der Waals surface area contributed by atoms with E-state index in [4.69, 9.17) is 0 Å². The minimum atomic E-state index is -0.991. The van der Waals surface area contributed by atoms with Crippen molar-refractivity contribution in [3.63, 3.8) is 0 Å². The molecule has 2 aliphatic rings. The van der Waals surface area contributed by atoms with Crippen LogP contribution < -0.4 is 5.32 Å². The third-order valence-electron chi connectivity index (χ3n) is 3.62. The van der Waals surface area contributed by atoms with Gasteiger partial charge >= 0.3 is 5.97 Å². The van der Waals surface area contributed by atoms with Crippen LogP contribution in [0.1, 0.15) is 6.42 Å². The Balaban J connectivity index is 1.89. The van der Waals surface area contributed by atoms with Gasteiger partial charge in [0.1, 0.15) is 0 Å². The van der Waals surface area contributed by atoms with Gasteiger partial charge in [0.2, 0.25) is 0 Å². The number of benzene rings is 1. The van der Waals surface area contributed by atoms with Crippen LogP contribution in [0.25, 0.3) is 0 Å². The van der Waals surface area contributed by atoms with Crippen LogP contribution in [0.2, 0.25) is 0 Å². The molecule has 0 heterocycles. The number of hydrogen-bond donors (Lipinski definition) is 2. The molecule has 0 saturated carbocycles. The number of hydrogen-bond acceptors (Lipinski definition) is 2. The fourth-order valence-corrected chi connectivity index (χ4v) is 2.81. The van der Waals surface area contributed by atoms with Gasteiger partial charge in [0.15, 0.2) is 0 Å². The maximum absolute atomic E-state index is 12.3. The van der Waals surface area contributed by atoms with E-state index in [1.54, 1.807) is 12.1 Å². The fourth-order valence-electron chi connectivity index (χ4n) is 2.81. The molecule has 2 aliphatic carbocycles. The van der Waals surface area contributed by atoms with Crippen LogP contribution in [-0.4, -0.2) is 17.0 Å². The van der Waals surface area contributed by atoms with Crippen molar-refractivity contribution >= 4 is 17.6 Å². The van der Waals surface area contributed by atoms with Gasteiger partial charge in [-0.1, -0.05) is 30.4 Å². The highest BCUT2D eigenvalue weighted by molar-refractivity contribution is 6.10. The molecule has 0 saturated heterocycles. The van der Waals surface area contributed by atoms with Gasteiger partial charge in [0.25, 0.3) is 5.91 Å². The topological polar surface area (TPSA) is 66.4 Å². The lowest BCUT2D eigenvalue weighted by Gasteiger charge is -2.13. The van der Waals surface area contributed by atoms with E-state index in [1.807, 2.05) is 30.4 Å². The number of para-hydroxylation sites is 1. The SMILES string of the molecule is O=C(O)C1=C(C(=O)Nc2ccccc2)[C@H]2C=C[C@H]1C2. The summed E-state index contributed by atoms with van der Waals surface area (Å²) in [5.74, 6) is -1.46. The second-order valence-corrected chi connectivity index (χ2v) is 4.79. The summed E-state index contributed by atoms with van der Waals surface area (Å²) >= 11 is 0. The molecule has 3 rings (SSSR count). The van der Waals surface area contributed by atoms with E-state index in [0.29, 0.717) is 17.7 Å². The third-order valence-corrected chi connectivity index (χ3v) is 3.62. The smallest absolute Gasteiger partial charge is 0.332 e. The number of carbonyl (C=O) groups excluding carboxylic acids is 1. The van der Waals surface area contributed by atoms with Gasteiger partial charge in [-0.25, -0.2) is 4.79 Å². The van der Waals surface area contributed by atoms with E-state index >= 15 is 0 Å². The number of rotatable bonds is 3. The molecular weight excluding hydrogens is 242 g/mol. The van der Waals surface area contributed by atoms with Gasteiger partial charge in [0.05, 0.1) is 5.57 Å². The van der Waals surface area contributed by atoms with Crippen LogP contribution in [0.3, 0.4) is 0 Å². The van der Waals surface area contributed by atoms with Crippen molar-refractivity contribution in [1.82, 2.24) is 0 Å². The van der Waals surface area contributed by atoms with E-state index in [0.717, 1.165) is 0 Å². The van der Waals surface area contributed by atoms with Crippen LogP contribution in [-0.2, 0) is 9.59 Å². The molecule has 0 aromatic heterocycles. The predicted octanol–water partition coefficient (Wildman–Crippen LogP) is 2.21. The van der Waals surface area contributed by atoms with E-state index < -0.39 is 5.97 Å². The Kier molecular flexibility index (Phi) is 2.71.